The molecule has 0 saturated carbocycles. The fraction of sp³-hybridized carbons (Fsp3) is 0.467. The van der Waals surface area contributed by atoms with Crippen LogP contribution >= 0.6 is 0 Å². The zero-order valence-electron chi connectivity index (χ0n) is 12.6. The second-order valence-electron chi connectivity index (χ2n) is 4.57. The van der Waals surface area contributed by atoms with Gasteiger partial charge in [0.05, 0.1) is 6.10 Å². The molecule has 0 heterocycles. The number of aliphatic hydroxyl groups excluding tert-OH is 1. The van der Waals surface area contributed by atoms with Crippen molar-refractivity contribution >= 4 is 11.9 Å². The van der Waals surface area contributed by atoms with Crippen LogP contribution in [0.25, 0.3) is 0 Å². The minimum atomic E-state index is -0.849. The molecule has 2 atom stereocenters. The molecule has 1 aromatic rings. The van der Waals surface area contributed by atoms with Gasteiger partial charge in [-0.3, -0.25) is 10.1 Å². The van der Waals surface area contributed by atoms with Gasteiger partial charge >= 0.3 is 6.03 Å². The summed E-state index contributed by atoms with van der Waals surface area (Å²) in [4.78, 5) is 23.1. The molecule has 0 spiro atoms. The lowest BCUT2D eigenvalue weighted by Crippen LogP contribution is -2.45. The summed E-state index contributed by atoms with van der Waals surface area (Å²) in [5.41, 5.74) is 0.623. The maximum atomic E-state index is 11.8. The molecular formula is C15H22N2O4. The number of aliphatic hydroxyl groups is 1. The van der Waals surface area contributed by atoms with Crippen molar-refractivity contribution in [3.8, 4) is 5.75 Å². The predicted octanol–water partition coefficient (Wildman–Crippen LogP) is 1.74. The third kappa shape index (κ3) is 5.07. The number of benzene rings is 1. The molecule has 0 aliphatic rings. The highest BCUT2D eigenvalue weighted by molar-refractivity contribution is 5.96. The van der Waals surface area contributed by atoms with Crippen LogP contribution < -0.4 is 15.4 Å². The highest BCUT2D eigenvalue weighted by Crippen LogP contribution is 2.27. The number of hydrogen-bond acceptors (Lipinski definition) is 4. The van der Waals surface area contributed by atoms with Crippen LogP contribution in [0.3, 0.4) is 0 Å². The molecule has 0 aliphatic heterocycles. The van der Waals surface area contributed by atoms with Crippen molar-refractivity contribution in [1.29, 1.82) is 0 Å². The Morgan fingerprint density at radius 3 is 2.57 bits per heavy atom. The van der Waals surface area contributed by atoms with Gasteiger partial charge in [0.15, 0.2) is 6.10 Å². The fourth-order valence-corrected chi connectivity index (χ4v) is 1.75. The zero-order valence-corrected chi connectivity index (χ0v) is 12.6. The van der Waals surface area contributed by atoms with E-state index in [0.717, 1.165) is 0 Å². The van der Waals surface area contributed by atoms with Crippen LogP contribution in [-0.2, 0) is 4.79 Å². The first-order valence-electron chi connectivity index (χ1n) is 7.01. The zero-order chi connectivity index (χ0) is 15.8. The Morgan fingerprint density at radius 1 is 1.29 bits per heavy atom. The molecule has 1 aromatic carbocycles. The highest BCUT2D eigenvalue weighted by Gasteiger charge is 2.19. The summed E-state index contributed by atoms with van der Waals surface area (Å²) in [5, 5.41) is 14.6. The molecule has 21 heavy (non-hydrogen) atoms. The van der Waals surface area contributed by atoms with E-state index in [-0.39, 0.29) is 0 Å². The number of carbonyl (C=O) groups excluding carboxylic acids is 2. The van der Waals surface area contributed by atoms with E-state index in [9.17, 15) is 14.7 Å². The first-order valence-corrected chi connectivity index (χ1v) is 7.01. The smallest absolute Gasteiger partial charge is 0.321 e. The minimum absolute atomic E-state index is 0.430. The van der Waals surface area contributed by atoms with E-state index in [2.05, 4.69) is 10.6 Å². The Hall–Kier alpha value is -2.08. The number of hydrogen-bond donors (Lipinski definition) is 3. The molecule has 3 amide bonds. The molecule has 1 rings (SSSR count). The fourth-order valence-electron chi connectivity index (χ4n) is 1.75. The third-order valence-corrected chi connectivity index (χ3v) is 2.91. The first-order chi connectivity index (χ1) is 9.99. The molecular weight excluding hydrogens is 272 g/mol. The average Bonchev–Trinajstić information content (AvgIpc) is 2.47. The van der Waals surface area contributed by atoms with Gasteiger partial charge in [-0.1, -0.05) is 25.1 Å². The summed E-state index contributed by atoms with van der Waals surface area (Å²) in [6.07, 6.45) is -0.961. The third-order valence-electron chi connectivity index (χ3n) is 2.91. The Labute approximate surface area is 124 Å². The van der Waals surface area contributed by atoms with E-state index in [0.29, 0.717) is 24.3 Å². The van der Waals surface area contributed by atoms with Crippen LogP contribution in [0.5, 0.6) is 5.75 Å². The van der Waals surface area contributed by atoms with Gasteiger partial charge in [0.2, 0.25) is 0 Å². The molecule has 0 saturated heterocycles. The molecule has 0 fully saturated rings. The molecule has 6 heteroatoms. The Kier molecular flexibility index (Phi) is 6.68. The largest absolute Gasteiger partial charge is 0.481 e. The lowest BCUT2D eigenvalue weighted by Gasteiger charge is -2.18. The van der Waals surface area contributed by atoms with Crippen LogP contribution in [0, 0.1) is 0 Å². The van der Waals surface area contributed by atoms with E-state index in [1.165, 1.54) is 0 Å². The summed E-state index contributed by atoms with van der Waals surface area (Å²) in [6, 6.07) is 6.43. The molecule has 6 nitrogen and oxygen atoms in total. The van der Waals surface area contributed by atoms with Crippen LogP contribution in [0.1, 0.15) is 38.9 Å². The number of amides is 3. The van der Waals surface area contributed by atoms with Gasteiger partial charge in [-0.2, -0.15) is 0 Å². The van der Waals surface area contributed by atoms with Gasteiger partial charge < -0.3 is 15.2 Å². The molecule has 0 aromatic heterocycles. The summed E-state index contributed by atoms with van der Waals surface area (Å²) in [6.45, 7) is 5.59. The Balaban J connectivity index is 2.72. The van der Waals surface area contributed by atoms with Crippen molar-refractivity contribution in [2.45, 2.75) is 39.4 Å². The van der Waals surface area contributed by atoms with E-state index < -0.39 is 24.1 Å². The molecule has 1 unspecified atom stereocenters. The number of rotatable bonds is 6. The monoisotopic (exact) mass is 294 g/mol. The van der Waals surface area contributed by atoms with Crippen molar-refractivity contribution in [1.82, 2.24) is 10.6 Å². The van der Waals surface area contributed by atoms with Gasteiger partial charge in [0.25, 0.3) is 5.91 Å². The summed E-state index contributed by atoms with van der Waals surface area (Å²) >= 11 is 0. The van der Waals surface area contributed by atoms with E-state index in [1.807, 2.05) is 6.92 Å². The second-order valence-corrected chi connectivity index (χ2v) is 4.57. The molecule has 0 bridgehead atoms. The van der Waals surface area contributed by atoms with E-state index >= 15 is 0 Å². The number of urea groups is 1. The first kappa shape index (κ1) is 17.0. The maximum Gasteiger partial charge on any atom is 0.321 e. The number of imide groups is 1. The topological polar surface area (TPSA) is 87.7 Å². The van der Waals surface area contributed by atoms with Gasteiger partial charge in [0.1, 0.15) is 5.75 Å². The summed E-state index contributed by atoms with van der Waals surface area (Å²) in [5.74, 6) is -0.104. The van der Waals surface area contributed by atoms with Gasteiger partial charge in [0, 0.05) is 12.1 Å². The molecule has 0 radical (unpaired) electrons. The van der Waals surface area contributed by atoms with Gasteiger partial charge in [-0.25, -0.2) is 4.79 Å². The average molecular weight is 294 g/mol. The van der Waals surface area contributed by atoms with Crippen LogP contribution in [0.4, 0.5) is 4.79 Å². The van der Waals surface area contributed by atoms with Crippen molar-refractivity contribution in [3.05, 3.63) is 29.8 Å². The van der Waals surface area contributed by atoms with Crippen molar-refractivity contribution in [3.63, 3.8) is 0 Å². The number of ether oxygens (including phenoxy) is 1. The Bertz CT molecular complexity index is 490. The van der Waals surface area contributed by atoms with E-state index in [1.54, 1.807) is 38.1 Å². The number of para-hydroxylation sites is 1. The number of nitrogens with one attached hydrogen (secondary N) is 2. The summed E-state index contributed by atoms with van der Waals surface area (Å²) in [7, 11) is 0. The van der Waals surface area contributed by atoms with Crippen molar-refractivity contribution in [2.75, 3.05) is 6.54 Å². The number of carbonyl (C=O) groups is 2. The quantitative estimate of drug-likeness (QED) is 0.746. The van der Waals surface area contributed by atoms with Crippen molar-refractivity contribution < 1.29 is 19.4 Å². The maximum absolute atomic E-state index is 11.8. The summed E-state index contributed by atoms with van der Waals surface area (Å²) < 4.78 is 5.56. The van der Waals surface area contributed by atoms with Crippen LogP contribution in [-0.4, -0.2) is 29.7 Å². The van der Waals surface area contributed by atoms with Gasteiger partial charge in [-0.05, 0) is 26.3 Å². The molecule has 116 valence electrons. The highest BCUT2D eigenvalue weighted by atomic mass is 16.5. The predicted molar refractivity (Wildman–Crippen MR) is 79.0 cm³/mol. The lowest BCUT2D eigenvalue weighted by molar-refractivity contribution is -0.126. The second kappa shape index (κ2) is 8.26. The molecule has 3 N–H and O–H groups in total. The minimum Gasteiger partial charge on any atom is -0.481 e. The normalized spacial score (nSPS) is 13.1. The Morgan fingerprint density at radius 2 is 1.95 bits per heavy atom. The van der Waals surface area contributed by atoms with E-state index in [4.69, 9.17) is 4.74 Å². The van der Waals surface area contributed by atoms with Crippen LogP contribution in [0.15, 0.2) is 24.3 Å². The molecule has 0 aliphatic carbocycles. The lowest BCUT2D eigenvalue weighted by atomic mass is 10.1. The van der Waals surface area contributed by atoms with Crippen molar-refractivity contribution in [2.24, 2.45) is 0 Å². The SMILES string of the molecule is CCNC(=O)NC(=O)C(C)Oc1ccccc1[C@H](O)CC. The van der Waals surface area contributed by atoms with Gasteiger partial charge in [-0.15, -0.1) is 0 Å². The standard InChI is InChI=1S/C15H22N2O4/c1-4-12(18)11-8-6-7-9-13(11)21-10(3)14(19)17-15(20)16-5-2/h6-10,12,18H,4-5H2,1-3H3,(H2,16,17,19,20)/t10?,12-/m1/s1. The van der Waals surface area contributed by atoms with Crippen LogP contribution in [0.2, 0.25) is 0 Å².